The topological polar surface area (TPSA) is 68.7 Å². The van der Waals surface area contributed by atoms with Crippen molar-refractivity contribution in [2.75, 3.05) is 44.6 Å². The first kappa shape index (κ1) is 17.5. The van der Waals surface area contributed by atoms with Crippen LogP contribution in [0.25, 0.3) is 0 Å². The number of pyridine rings is 1. The van der Waals surface area contributed by atoms with Crippen LogP contribution in [-0.2, 0) is 4.79 Å². The van der Waals surface area contributed by atoms with Gasteiger partial charge in [-0.3, -0.25) is 19.6 Å². The van der Waals surface area contributed by atoms with E-state index in [0.29, 0.717) is 13.1 Å². The molecule has 6 nitrogen and oxygen atoms in total. The summed E-state index contributed by atoms with van der Waals surface area (Å²) in [6.07, 6.45) is 2.85. The number of β-amino-alcohol motifs (C(OH)–C–C–N with tert-alkyl or cyclic N) is 1. The molecule has 2 heterocycles. The Kier molecular flexibility index (Phi) is 6.11. The summed E-state index contributed by atoms with van der Waals surface area (Å²) in [5.41, 5.74) is 1.71. The Morgan fingerprint density at radius 3 is 2.36 bits per heavy atom. The first-order valence-corrected chi connectivity index (χ1v) is 8.58. The highest BCUT2D eigenvalue weighted by Gasteiger charge is 2.21. The van der Waals surface area contributed by atoms with Gasteiger partial charge in [0.2, 0.25) is 5.91 Å². The molecule has 1 fully saturated rings. The van der Waals surface area contributed by atoms with Crippen LogP contribution in [0.3, 0.4) is 0 Å². The van der Waals surface area contributed by atoms with Crippen LogP contribution in [0, 0.1) is 0 Å². The summed E-state index contributed by atoms with van der Waals surface area (Å²) < 4.78 is 0. The minimum absolute atomic E-state index is 0.0102. The summed E-state index contributed by atoms with van der Waals surface area (Å²) >= 11 is 0. The Morgan fingerprint density at radius 1 is 1.04 bits per heavy atom. The summed E-state index contributed by atoms with van der Waals surface area (Å²) in [4.78, 5) is 20.4. The second-order valence-corrected chi connectivity index (χ2v) is 6.29. The molecular weight excluding hydrogens is 316 g/mol. The summed E-state index contributed by atoms with van der Waals surface area (Å²) in [5.74, 6) is -0.0102. The van der Waals surface area contributed by atoms with Gasteiger partial charge in [0.1, 0.15) is 0 Å². The van der Waals surface area contributed by atoms with Gasteiger partial charge in [0.05, 0.1) is 12.6 Å². The summed E-state index contributed by atoms with van der Waals surface area (Å²) in [7, 11) is 0. The van der Waals surface area contributed by atoms with E-state index in [1.807, 2.05) is 30.3 Å². The van der Waals surface area contributed by atoms with Gasteiger partial charge in [-0.25, -0.2) is 0 Å². The van der Waals surface area contributed by atoms with Crippen molar-refractivity contribution in [3.63, 3.8) is 0 Å². The minimum atomic E-state index is -0.470. The predicted molar refractivity (Wildman–Crippen MR) is 97.1 cm³/mol. The molecule has 1 aliphatic heterocycles. The number of rotatable bonds is 6. The van der Waals surface area contributed by atoms with Crippen molar-refractivity contribution in [1.29, 1.82) is 0 Å². The monoisotopic (exact) mass is 340 g/mol. The molecule has 1 aromatic heterocycles. The van der Waals surface area contributed by atoms with E-state index >= 15 is 0 Å². The van der Waals surface area contributed by atoms with E-state index in [9.17, 15) is 9.90 Å². The number of hydrogen-bond acceptors (Lipinski definition) is 5. The zero-order valence-electron chi connectivity index (χ0n) is 14.2. The van der Waals surface area contributed by atoms with E-state index < -0.39 is 6.10 Å². The molecule has 1 unspecified atom stereocenters. The van der Waals surface area contributed by atoms with Gasteiger partial charge < -0.3 is 10.4 Å². The number of nitrogens with zero attached hydrogens (tertiary/aromatic N) is 3. The summed E-state index contributed by atoms with van der Waals surface area (Å²) in [6.45, 7) is 4.37. The first-order valence-electron chi connectivity index (χ1n) is 8.58. The third-order valence-corrected chi connectivity index (χ3v) is 4.41. The lowest BCUT2D eigenvalue weighted by molar-refractivity contribution is -0.117. The molecule has 0 radical (unpaired) electrons. The molecular formula is C19H24N4O2. The molecule has 0 aliphatic carbocycles. The molecule has 2 N–H and O–H groups in total. The number of carbonyl (C=O) groups excluding carboxylic acids is 1. The molecule has 3 rings (SSSR count). The minimum Gasteiger partial charge on any atom is -0.387 e. The van der Waals surface area contributed by atoms with Crippen molar-refractivity contribution < 1.29 is 9.90 Å². The van der Waals surface area contributed by atoms with Crippen molar-refractivity contribution >= 4 is 11.6 Å². The zero-order chi connectivity index (χ0) is 17.5. The van der Waals surface area contributed by atoms with Crippen molar-refractivity contribution in [3.05, 3.63) is 60.4 Å². The molecule has 1 atom stereocenters. The van der Waals surface area contributed by atoms with Gasteiger partial charge in [0.25, 0.3) is 0 Å². The number of amides is 1. The molecule has 1 amide bonds. The van der Waals surface area contributed by atoms with Gasteiger partial charge in [0, 0.05) is 50.8 Å². The van der Waals surface area contributed by atoms with Crippen molar-refractivity contribution in [3.8, 4) is 0 Å². The average Bonchev–Trinajstić information content (AvgIpc) is 2.65. The number of aromatic nitrogens is 1. The number of aliphatic hydroxyl groups excluding tert-OH is 1. The smallest absolute Gasteiger partial charge is 0.238 e. The van der Waals surface area contributed by atoms with Crippen LogP contribution < -0.4 is 5.32 Å². The van der Waals surface area contributed by atoms with Gasteiger partial charge in [-0.15, -0.1) is 0 Å². The third-order valence-electron chi connectivity index (χ3n) is 4.41. The van der Waals surface area contributed by atoms with E-state index in [-0.39, 0.29) is 5.91 Å². The number of aliphatic hydroxyl groups is 1. The largest absolute Gasteiger partial charge is 0.387 e. The number of nitrogens with one attached hydrogen (secondary N) is 1. The van der Waals surface area contributed by atoms with Crippen LogP contribution in [0.5, 0.6) is 0 Å². The van der Waals surface area contributed by atoms with E-state index in [1.54, 1.807) is 24.5 Å². The Bertz CT molecular complexity index is 658. The van der Waals surface area contributed by atoms with Crippen molar-refractivity contribution in [2.45, 2.75) is 6.10 Å². The SMILES string of the molecule is O=C(CN1CCN(CC(O)c2ccccc2)CC1)Nc1ccncc1. The van der Waals surface area contributed by atoms with E-state index in [2.05, 4.69) is 20.1 Å². The number of benzene rings is 1. The Morgan fingerprint density at radius 2 is 1.68 bits per heavy atom. The number of hydrogen-bond donors (Lipinski definition) is 2. The highest BCUT2D eigenvalue weighted by Crippen LogP contribution is 2.15. The normalized spacial score (nSPS) is 17.2. The van der Waals surface area contributed by atoms with Crippen LogP contribution in [0.15, 0.2) is 54.9 Å². The second-order valence-electron chi connectivity index (χ2n) is 6.29. The molecule has 0 saturated carbocycles. The highest BCUT2D eigenvalue weighted by molar-refractivity contribution is 5.92. The van der Waals surface area contributed by atoms with Gasteiger partial charge in [0.15, 0.2) is 0 Å². The molecule has 0 spiro atoms. The third kappa shape index (κ3) is 5.35. The van der Waals surface area contributed by atoms with Crippen LogP contribution in [-0.4, -0.2) is 65.1 Å². The quantitative estimate of drug-likeness (QED) is 0.831. The van der Waals surface area contributed by atoms with Crippen molar-refractivity contribution in [1.82, 2.24) is 14.8 Å². The molecule has 6 heteroatoms. The number of anilines is 1. The lowest BCUT2D eigenvalue weighted by Gasteiger charge is -2.35. The fourth-order valence-electron chi connectivity index (χ4n) is 2.99. The van der Waals surface area contributed by atoms with E-state index in [0.717, 1.165) is 37.4 Å². The second kappa shape index (κ2) is 8.71. The van der Waals surface area contributed by atoms with Crippen LogP contribution >= 0.6 is 0 Å². The maximum Gasteiger partial charge on any atom is 0.238 e. The molecule has 25 heavy (non-hydrogen) atoms. The Hall–Kier alpha value is -2.28. The molecule has 2 aromatic rings. The molecule has 1 aliphatic rings. The zero-order valence-corrected chi connectivity index (χ0v) is 14.2. The summed E-state index contributed by atoms with van der Waals surface area (Å²) in [6, 6.07) is 13.3. The maximum atomic E-state index is 12.1. The fourth-order valence-corrected chi connectivity index (χ4v) is 2.99. The van der Waals surface area contributed by atoms with Crippen LogP contribution in [0.4, 0.5) is 5.69 Å². The Labute approximate surface area is 148 Å². The van der Waals surface area contributed by atoms with Crippen LogP contribution in [0.2, 0.25) is 0 Å². The van der Waals surface area contributed by atoms with Gasteiger partial charge in [-0.2, -0.15) is 0 Å². The number of carbonyl (C=O) groups is 1. The average molecular weight is 340 g/mol. The first-order chi connectivity index (χ1) is 12.2. The fraction of sp³-hybridized carbons (Fsp3) is 0.368. The van der Waals surface area contributed by atoms with Gasteiger partial charge >= 0.3 is 0 Å². The Balaban J connectivity index is 1.40. The predicted octanol–water partition coefficient (Wildman–Crippen LogP) is 1.37. The van der Waals surface area contributed by atoms with Gasteiger partial charge in [-0.05, 0) is 17.7 Å². The number of piperazine rings is 1. The lowest BCUT2D eigenvalue weighted by atomic mass is 10.1. The van der Waals surface area contributed by atoms with E-state index in [1.165, 1.54) is 0 Å². The van der Waals surface area contributed by atoms with Crippen molar-refractivity contribution in [2.24, 2.45) is 0 Å². The summed E-state index contributed by atoms with van der Waals surface area (Å²) in [5, 5.41) is 13.2. The highest BCUT2D eigenvalue weighted by atomic mass is 16.3. The van der Waals surface area contributed by atoms with Crippen LogP contribution in [0.1, 0.15) is 11.7 Å². The molecule has 132 valence electrons. The maximum absolute atomic E-state index is 12.1. The van der Waals surface area contributed by atoms with E-state index in [4.69, 9.17) is 0 Å². The lowest BCUT2D eigenvalue weighted by Crippen LogP contribution is -2.49. The molecule has 1 aromatic carbocycles. The molecule has 1 saturated heterocycles. The van der Waals surface area contributed by atoms with Gasteiger partial charge in [-0.1, -0.05) is 30.3 Å². The standard InChI is InChI=1S/C19H24N4O2/c24-18(16-4-2-1-3-5-16)14-22-10-12-23(13-11-22)15-19(25)21-17-6-8-20-9-7-17/h1-9,18,24H,10-15H2,(H,20,21,25). The molecule has 0 bridgehead atoms.